The minimum Gasteiger partial charge on any atom is -0.481 e. The van der Waals surface area contributed by atoms with Gasteiger partial charge >= 0.3 is 5.97 Å². The van der Waals surface area contributed by atoms with Crippen LogP contribution in [0.1, 0.15) is 12.5 Å². The fraction of sp³-hybridized carbons (Fsp3) is 0.462. The van der Waals surface area contributed by atoms with Gasteiger partial charge in [-0.2, -0.15) is 0 Å². The molecule has 0 aliphatic heterocycles. The van der Waals surface area contributed by atoms with Crippen LogP contribution in [0.5, 0.6) is 0 Å². The molecule has 0 spiro atoms. The SMILES string of the molecule is COCc1cccc(S(=O)(=O)N(C)CC(C)C(=O)O)c1. The van der Waals surface area contributed by atoms with Crippen LogP contribution in [0.4, 0.5) is 0 Å². The molecule has 0 bridgehead atoms. The molecule has 1 aromatic rings. The number of sulfonamides is 1. The van der Waals surface area contributed by atoms with Crippen LogP contribution < -0.4 is 0 Å². The number of rotatable bonds is 7. The summed E-state index contributed by atoms with van der Waals surface area (Å²) >= 11 is 0. The lowest BCUT2D eigenvalue weighted by molar-refractivity contribution is -0.141. The van der Waals surface area contributed by atoms with E-state index in [0.717, 1.165) is 9.87 Å². The molecule has 1 atom stereocenters. The highest BCUT2D eigenvalue weighted by atomic mass is 32.2. The Hall–Kier alpha value is -1.44. The molecular formula is C13H19NO5S. The number of hydrogen-bond acceptors (Lipinski definition) is 4. The topological polar surface area (TPSA) is 83.9 Å². The zero-order valence-electron chi connectivity index (χ0n) is 11.7. The van der Waals surface area contributed by atoms with E-state index in [2.05, 4.69) is 0 Å². The van der Waals surface area contributed by atoms with Gasteiger partial charge in [-0.15, -0.1) is 0 Å². The lowest BCUT2D eigenvalue weighted by Crippen LogP contribution is -2.33. The third-order valence-electron chi connectivity index (χ3n) is 2.87. The molecular weight excluding hydrogens is 282 g/mol. The third-order valence-corrected chi connectivity index (χ3v) is 4.69. The summed E-state index contributed by atoms with van der Waals surface area (Å²) in [6.07, 6.45) is 0. The Labute approximate surface area is 119 Å². The summed E-state index contributed by atoms with van der Waals surface area (Å²) in [6.45, 7) is 1.71. The fourth-order valence-electron chi connectivity index (χ4n) is 1.70. The second kappa shape index (κ2) is 6.83. The fourth-order valence-corrected chi connectivity index (χ4v) is 3.03. The molecule has 0 radical (unpaired) electrons. The van der Waals surface area contributed by atoms with E-state index in [1.165, 1.54) is 33.2 Å². The van der Waals surface area contributed by atoms with E-state index in [0.29, 0.717) is 6.61 Å². The van der Waals surface area contributed by atoms with E-state index in [1.807, 2.05) is 0 Å². The van der Waals surface area contributed by atoms with Crippen molar-refractivity contribution >= 4 is 16.0 Å². The Balaban J connectivity index is 2.98. The first-order chi connectivity index (χ1) is 9.28. The highest BCUT2D eigenvalue weighted by molar-refractivity contribution is 7.89. The van der Waals surface area contributed by atoms with Gasteiger partial charge in [0.25, 0.3) is 0 Å². The van der Waals surface area contributed by atoms with Crippen LogP contribution in [0, 0.1) is 5.92 Å². The number of aliphatic carboxylic acids is 1. The summed E-state index contributed by atoms with van der Waals surface area (Å²) in [6, 6.07) is 6.41. The zero-order valence-corrected chi connectivity index (χ0v) is 12.6. The molecule has 112 valence electrons. The quantitative estimate of drug-likeness (QED) is 0.817. The number of ether oxygens (including phenoxy) is 1. The minimum absolute atomic E-state index is 0.0772. The summed E-state index contributed by atoms with van der Waals surface area (Å²) in [5.74, 6) is -1.79. The van der Waals surface area contributed by atoms with E-state index in [1.54, 1.807) is 12.1 Å². The molecule has 20 heavy (non-hydrogen) atoms. The number of carboxylic acid groups (broad SMARTS) is 1. The van der Waals surface area contributed by atoms with Crippen molar-refractivity contribution in [3.05, 3.63) is 29.8 Å². The van der Waals surface area contributed by atoms with Crippen molar-refractivity contribution in [3.63, 3.8) is 0 Å². The summed E-state index contributed by atoms with van der Waals surface area (Å²) in [5, 5.41) is 8.84. The van der Waals surface area contributed by atoms with E-state index in [-0.39, 0.29) is 11.4 Å². The van der Waals surface area contributed by atoms with Crippen LogP contribution in [-0.2, 0) is 26.2 Å². The summed E-state index contributed by atoms with van der Waals surface area (Å²) in [5.41, 5.74) is 0.744. The van der Waals surface area contributed by atoms with Gasteiger partial charge in [-0.3, -0.25) is 4.79 Å². The van der Waals surface area contributed by atoms with Gasteiger partial charge in [0.05, 0.1) is 17.4 Å². The summed E-state index contributed by atoms with van der Waals surface area (Å²) < 4.78 is 30.7. The average Bonchev–Trinajstić information content (AvgIpc) is 2.39. The first kappa shape index (κ1) is 16.6. The molecule has 1 aromatic carbocycles. The smallest absolute Gasteiger partial charge is 0.307 e. The van der Waals surface area contributed by atoms with Crippen LogP contribution in [0.15, 0.2) is 29.2 Å². The number of carboxylic acids is 1. The Morgan fingerprint density at radius 1 is 1.45 bits per heavy atom. The minimum atomic E-state index is -3.69. The average molecular weight is 301 g/mol. The van der Waals surface area contributed by atoms with Crippen molar-refractivity contribution in [2.24, 2.45) is 5.92 Å². The van der Waals surface area contributed by atoms with Crippen molar-refractivity contribution in [3.8, 4) is 0 Å². The predicted octanol–water partition coefficient (Wildman–Crippen LogP) is 1.17. The van der Waals surface area contributed by atoms with Crippen LogP contribution in [0.2, 0.25) is 0 Å². The molecule has 7 heteroatoms. The highest BCUT2D eigenvalue weighted by Gasteiger charge is 2.24. The largest absolute Gasteiger partial charge is 0.481 e. The number of carbonyl (C=O) groups is 1. The number of hydrogen-bond donors (Lipinski definition) is 1. The standard InChI is InChI=1S/C13H19NO5S/c1-10(13(15)16)8-14(2)20(17,18)12-6-4-5-11(7-12)9-19-3/h4-7,10H,8-9H2,1-3H3,(H,15,16). The van der Waals surface area contributed by atoms with Crippen LogP contribution in [0.3, 0.4) is 0 Å². The van der Waals surface area contributed by atoms with Gasteiger partial charge in [-0.1, -0.05) is 19.1 Å². The van der Waals surface area contributed by atoms with Crippen molar-refractivity contribution < 1.29 is 23.1 Å². The highest BCUT2D eigenvalue weighted by Crippen LogP contribution is 2.17. The predicted molar refractivity (Wildman–Crippen MR) is 73.8 cm³/mol. The zero-order chi connectivity index (χ0) is 15.3. The van der Waals surface area contributed by atoms with E-state index < -0.39 is 21.9 Å². The molecule has 1 unspecified atom stereocenters. The lowest BCUT2D eigenvalue weighted by atomic mass is 10.2. The molecule has 0 aromatic heterocycles. The Bertz CT molecular complexity index is 570. The summed E-state index contributed by atoms with van der Waals surface area (Å²) in [7, 11) is -0.792. The first-order valence-corrected chi connectivity index (χ1v) is 7.50. The molecule has 0 heterocycles. The Kier molecular flexibility index (Phi) is 5.67. The molecule has 1 rings (SSSR count). The molecule has 0 amide bonds. The van der Waals surface area contributed by atoms with Crippen molar-refractivity contribution in [2.45, 2.75) is 18.4 Å². The Morgan fingerprint density at radius 2 is 2.10 bits per heavy atom. The van der Waals surface area contributed by atoms with Crippen molar-refractivity contribution in [2.75, 3.05) is 20.7 Å². The van der Waals surface area contributed by atoms with Crippen LogP contribution >= 0.6 is 0 Å². The van der Waals surface area contributed by atoms with Crippen LogP contribution in [-0.4, -0.2) is 44.5 Å². The Morgan fingerprint density at radius 3 is 2.65 bits per heavy atom. The van der Waals surface area contributed by atoms with E-state index >= 15 is 0 Å². The van der Waals surface area contributed by atoms with Crippen molar-refractivity contribution in [1.29, 1.82) is 0 Å². The van der Waals surface area contributed by atoms with Gasteiger partial charge in [0, 0.05) is 20.7 Å². The monoisotopic (exact) mass is 301 g/mol. The van der Waals surface area contributed by atoms with Gasteiger partial charge in [-0.05, 0) is 17.7 Å². The van der Waals surface area contributed by atoms with Gasteiger partial charge in [-0.25, -0.2) is 12.7 Å². The second-order valence-corrected chi connectivity index (χ2v) is 6.65. The van der Waals surface area contributed by atoms with Gasteiger partial charge in [0.2, 0.25) is 10.0 Å². The van der Waals surface area contributed by atoms with E-state index in [9.17, 15) is 13.2 Å². The molecule has 0 aliphatic carbocycles. The number of benzene rings is 1. The maximum absolute atomic E-state index is 12.3. The second-order valence-electron chi connectivity index (χ2n) is 4.61. The normalized spacial score (nSPS) is 13.4. The van der Waals surface area contributed by atoms with Crippen LogP contribution in [0.25, 0.3) is 0 Å². The van der Waals surface area contributed by atoms with Gasteiger partial charge in [0.1, 0.15) is 0 Å². The number of methoxy groups -OCH3 is 1. The van der Waals surface area contributed by atoms with Gasteiger partial charge in [0.15, 0.2) is 0 Å². The number of nitrogens with zero attached hydrogens (tertiary/aromatic N) is 1. The molecule has 0 saturated heterocycles. The molecule has 1 N–H and O–H groups in total. The molecule has 0 saturated carbocycles. The van der Waals surface area contributed by atoms with E-state index in [4.69, 9.17) is 9.84 Å². The lowest BCUT2D eigenvalue weighted by Gasteiger charge is -2.19. The maximum atomic E-state index is 12.3. The third kappa shape index (κ3) is 4.03. The molecule has 6 nitrogen and oxygen atoms in total. The first-order valence-electron chi connectivity index (χ1n) is 6.06. The molecule has 0 fully saturated rings. The van der Waals surface area contributed by atoms with Crippen molar-refractivity contribution in [1.82, 2.24) is 4.31 Å². The van der Waals surface area contributed by atoms with Gasteiger partial charge < -0.3 is 9.84 Å². The molecule has 0 aliphatic rings. The summed E-state index contributed by atoms with van der Waals surface area (Å²) in [4.78, 5) is 10.9. The maximum Gasteiger partial charge on any atom is 0.307 e.